The van der Waals surface area contributed by atoms with E-state index >= 15 is 0 Å². The fraction of sp³-hybridized carbons (Fsp3) is 0.0833. The fourth-order valence-corrected chi connectivity index (χ4v) is 4.20. The molecule has 1 heterocycles. The number of nitrogens with one attached hydrogen (secondary N) is 1. The summed E-state index contributed by atoms with van der Waals surface area (Å²) in [5, 5.41) is 4.77. The van der Waals surface area contributed by atoms with Crippen LogP contribution >= 0.6 is 11.3 Å². The highest BCUT2D eigenvalue weighted by atomic mass is 32.1. The number of esters is 1. The highest BCUT2D eigenvalue weighted by Gasteiger charge is 2.21. The van der Waals surface area contributed by atoms with Crippen LogP contribution in [0, 0.1) is 0 Å². The summed E-state index contributed by atoms with van der Waals surface area (Å²) in [6.07, 6.45) is 0. The van der Waals surface area contributed by atoms with Gasteiger partial charge in [-0.3, -0.25) is 4.79 Å². The normalized spacial score (nSPS) is 10.7. The number of amides is 1. The summed E-state index contributed by atoms with van der Waals surface area (Å²) in [5.41, 5.74) is 2.00. The van der Waals surface area contributed by atoms with E-state index in [1.807, 2.05) is 72.8 Å². The van der Waals surface area contributed by atoms with Gasteiger partial charge < -0.3 is 10.1 Å². The lowest BCUT2D eigenvalue weighted by molar-refractivity contribution is 0.0533. The molecule has 1 N–H and O–H groups in total. The lowest BCUT2D eigenvalue weighted by Crippen LogP contribution is -2.14. The van der Waals surface area contributed by atoms with Gasteiger partial charge in [0.05, 0.1) is 12.3 Å². The Bertz CT molecular complexity index is 1180. The van der Waals surface area contributed by atoms with Gasteiger partial charge in [0.15, 0.2) is 0 Å². The monoisotopic (exact) mass is 401 g/mol. The maximum atomic E-state index is 13.0. The molecule has 3 aromatic carbocycles. The molecule has 0 saturated heterocycles. The van der Waals surface area contributed by atoms with Gasteiger partial charge in [0.1, 0.15) is 4.88 Å². The Morgan fingerprint density at radius 2 is 1.66 bits per heavy atom. The van der Waals surface area contributed by atoms with Gasteiger partial charge in [-0.1, -0.05) is 66.7 Å². The van der Waals surface area contributed by atoms with Gasteiger partial charge in [0, 0.05) is 10.4 Å². The zero-order chi connectivity index (χ0) is 20.2. The van der Waals surface area contributed by atoms with Gasteiger partial charge in [-0.2, -0.15) is 0 Å². The number of hydrogen-bond donors (Lipinski definition) is 1. The standard InChI is InChI=1S/C24H19NO3S/c1-2-28-24(27)22-20(15-21(29-22)17-10-4-3-5-11-17)25-23(26)19-14-8-12-16-9-6-7-13-18(16)19/h3-15H,2H2,1H3,(H,25,26). The molecular weight excluding hydrogens is 382 g/mol. The predicted octanol–water partition coefficient (Wildman–Crippen LogP) is 6.00. The number of ether oxygens (including phenoxy) is 1. The molecule has 4 nitrogen and oxygen atoms in total. The minimum atomic E-state index is -0.437. The van der Waals surface area contributed by atoms with Crippen LogP contribution in [0.4, 0.5) is 5.69 Å². The summed E-state index contributed by atoms with van der Waals surface area (Å²) in [6.45, 7) is 2.03. The third kappa shape index (κ3) is 3.91. The summed E-state index contributed by atoms with van der Waals surface area (Å²) in [6, 6.07) is 24.9. The molecule has 0 spiro atoms. The number of thiophene rings is 1. The second-order valence-electron chi connectivity index (χ2n) is 6.42. The van der Waals surface area contributed by atoms with Crippen molar-refractivity contribution in [3.8, 4) is 10.4 Å². The predicted molar refractivity (Wildman–Crippen MR) is 118 cm³/mol. The first-order valence-corrected chi connectivity index (χ1v) is 10.1. The molecule has 0 atom stereocenters. The van der Waals surface area contributed by atoms with Crippen LogP contribution in [-0.2, 0) is 4.74 Å². The molecule has 29 heavy (non-hydrogen) atoms. The maximum Gasteiger partial charge on any atom is 0.350 e. The van der Waals surface area contributed by atoms with Crippen molar-refractivity contribution in [2.24, 2.45) is 0 Å². The number of carbonyl (C=O) groups excluding carboxylic acids is 2. The average Bonchev–Trinajstić information content (AvgIpc) is 3.18. The topological polar surface area (TPSA) is 55.4 Å². The van der Waals surface area contributed by atoms with Gasteiger partial charge in [-0.05, 0) is 35.4 Å². The van der Waals surface area contributed by atoms with E-state index in [1.165, 1.54) is 11.3 Å². The number of anilines is 1. The van der Waals surface area contributed by atoms with Crippen LogP contribution in [0.3, 0.4) is 0 Å². The first kappa shape index (κ1) is 18.9. The van der Waals surface area contributed by atoms with Crippen LogP contribution in [-0.4, -0.2) is 18.5 Å². The van der Waals surface area contributed by atoms with Crippen molar-refractivity contribution in [2.45, 2.75) is 6.92 Å². The Balaban J connectivity index is 1.72. The Morgan fingerprint density at radius 1 is 0.931 bits per heavy atom. The van der Waals surface area contributed by atoms with Crippen molar-refractivity contribution in [2.75, 3.05) is 11.9 Å². The largest absolute Gasteiger partial charge is 0.462 e. The molecule has 0 saturated carbocycles. The Kier molecular flexibility index (Phi) is 5.40. The molecule has 1 amide bonds. The van der Waals surface area contributed by atoms with E-state index < -0.39 is 5.97 Å². The van der Waals surface area contributed by atoms with Crippen molar-refractivity contribution >= 4 is 39.7 Å². The number of hydrogen-bond acceptors (Lipinski definition) is 4. The zero-order valence-electron chi connectivity index (χ0n) is 15.8. The van der Waals surface area contributed by atoms with Crippen LogP contribution in [0.5, 0.6) is 0 Å². The van der Waals surface area contributed by atoms with Crippen LogP contribution in [0.15, 0.2) is 78.9 Å². The number of rotatable bonds is 5. The minimum absolute atomic E-state index is 0.259. The van der Waals surface area contributed by atoms with Gasteiger partial charge >= 0.3 is 5.97 Å². The van der Waals surface area contributed by atoms with Crippen LogP contribution in [0.1, 0.15) is 27.0 Å². The highest BCUT2D eigenvalue weighted by Crippen LogP contribution is 2.35. The first-order valence-electron chi connectivity index (χ1n) is 9.33. The lowest BCUT2D eigenvalue weighted by atomic mass is 10.0. The lowest BCUT2D eigenvalue weighted by Gasteiger charge is -2.08. The third-order valence-electron chi connectivity index (χ3n) is 4.53. The van der Waals surface area contributed by atoms with E-state index in [1.54, 1.807) is 13.0 Å². The molecule has 0 aliphatic carbocycles. The van der Waals surface area contributed by atoms with Crippen molar-refractivity contribution in [1.82, 2.24) is 0 Å². The van der Waals surface area contributed by atoms with Crippen LogP contribution in [0.2, 0.25) is 0 Å². The SMILES string of the molecule is CCOC(=O)c1sc(-c2ccccc2)cc1NC(=O)c1cccc2ccccc12. The molecule has 0 aliphatic heterocycles. The highest BCUT2D eigenvalue weighted by molar-refractivity contribution is 7.18. The van der Waals surface area contributed by atoms with E-state index in [2.05, 4.69) is 5.32 Å². The second kappa shape index (κ2) is 8.29. The summed E-state index contributed by atoms with van der Waals surface area (Å²) in [5.74, 6) is -0.697. The van der Waals surface area contributed by atoms with Crippen molar-refractivity contribution in [1.29, 1.82) is 0 Å². The molecule has 4 aromatic rings. The van der Waals surface area contributed by atoms with Crippen molar-refractivity contribution in [3.05, 3.63) is 89.3 Å². The van der Waals surface area contributed by atoms with Gasteiger partial charge in [0.2, 0.25) is 0 Å². The number of carbonyl (C=O) groups is 2. The molecular formula is C24H19NO3S. The molecule has 0 radical (unpaired) electrons. The van der Waals surface area contributed by atoms with E-state index in [4.69, 9.17) is 4.74 Å². The summed E-state index contributed by atoms with van der Waals surface area (Å²) >= 11 is 1.31. The molecule has 1 aromatic heterocycles. The zero-order valence-corrected chi connectivity index (χ0v) is 16.7. The molecule has 0 unspecified atom stereocenters. The average molecular weight is 401 g/mol. The molecule has 5 heteroatoms. The first-order chi connectivity index (χ1) is 14.2. The van der Waals surface area contributed by atoms with E-state index in [-0.39, 0.29) is 12.5 Å². The van der Waals surface area contributed by atoms with Gasteiger partial charge in [-0.15, -0.1) is 11.3 Å². The summed E-state index contributed by atoms with van der Waals surface area (Å²) in [7, 11) is 0. The van der Waals surface area contributed by atoms with E-state index in [0.29, 0.717) is 16.1 Å². The molecule has 4 rings (SSSR count). The smallest absolute Gasteiger partial charge is 0.350 e. The number of benzene rings is 3. The van der Waals surface area contributed by atoms with Gasteiger partial charge in [-0.25, -0.2) is 4.79 Å². The van der Waals surface area contributed by atoms with Crippen molar-refractivity contribution < 1.29 is 14.3 Å². The summed E-state index contributed by atoms with van der Waals surface area (Å²) < 4.78 is 5.20. The maximum absolute atomic E-state index is 13.0. The molecule has 0 bridgehead atoms. The van der Waals surface area contributed by atoms with E-state index in [9.17, 15) is 9.59 Å². The van der Waals surface area contributed by atoms with Gasteiger partial charge in [0.25, 0.3) is 5.91 Å². The number of fused-ring (bicyclic) bond motifs is 1. The molecule has 0 aliphatic rings. The van der Waals surface area contributed by atoms with Crippen LogP contribution in [0.25, 0.3) is 21.2 Å². The second-order valence-corrected chi connectivity index (χ2v) is 7.47. The van der Waals surface area contributed by atoms with E-state index in [0.717, 1.165) is 21.2 Å². The quantitative estimate of drug-likeness (QED) is 0.418. The van der Waals surface area contributed by atoms with Crippen molar-refractivity contribution in [3.63, 3.8) is 0 Å². The Hall–Kier alpha value is -3.44. The van der Waals surface area contributed by atoms with Crippen LogP contribution < -0.4 is 5.32 Å². The third-order valence-corrected chi connectivity index (χ3v) is 5.70. The minimum Gasteiger partial charge on any atom is -0.462 e. The molecule has 144 valence electrons. The summed E-state index contributed by atoms with van der Waals surface area (Å²) in [4.78, 5) is 26.8. The Morgan fingerprint density at radius 3 is 2.45 bits per heavy atom. The molecule has 0 fully saturated rings. The Labute approximate surface area is 172 Å². The fourth-order valence-electron chi connectivity index (χ4n) is 3.19.